The number of amides is 1. The van der Waals surface area contributed by atoms with Crippen LogP contribution in [0.5, 0.6) is 0 Å². The minimum atomic E-state index is -0.0513. The molecule has 0 bridgehead atoms. The van der Waals surface area contributed by atoms with Crippen LogP contribution in [0, 0.1) is 6.92 Å². The van der Waals surface area contributed by atoms with Crippen LogP contribution in [0.3, 0.4) is 0 Å². The Morgan fingerprint density at radius 2 is 2.17 bits per heavy atom. The predicted molar refractivity (Wildman–Crippen MR) is 75.1 cm³/mol. The molecule has 0 aromatic heterocycles. The highest BCUT2D eigenvalue weighted by Gasteiger charge is 2.07. The molecule has 1 amide bonds. The molecule has 1 aromatic carbocycles. The summed E-state index contributed by atoms with van der Waals surface area (Å²) in [6.45, 7) is 6.29. The lowest BCUT2D eigenvalue weighted by Crippen LogP contribution is -2.23. The Hall–Kier alpha value is -1.55. The number of ether oxygens (including phenoxy) is 1. The maximum atomic E-state index is 11.0. The third-order valence-corrected chi connectivity index (χ3v) is 2.77. The second-order valence-corrected chi connectivity index (χ2v) is 4.42. The summed E-state index contributed by atoms with van der Waals surface area (Å²) in [6.07, 6.45) is 1.00. The molecule has 18 heavy (non-hydrogen) atoms. The fourth-order valence-electron chi connectivity index (χ4n) is 1.78. The molecule has 0 heterocycles. The SMILES string of the molecule is CCC(COC)Nc1ccc(NC(C)=O)c(C)c1. The number of benzene rings is 1. The molecule has 0 fully saturated rings. The predicted octanol–water partition coefficient (Wildman–Crippen LogP) is 2.79. The van der Waals surface area contributed by atoms with E-state index in [0.29, 0.717) is 12.6 Å². The first-order valence-electron chi connectivity index (χ1n) is 6.20. The standard InChI is InChI=1S/C14H22N2O2/c1-5-12(9-18-4)16-13-6-7-14(10(2)8-13)15-11(3)17/h6-8,12,16H,5,9H2,1-4H3,(H,15,17). The highest BCUT2D eigenvalue weighted by Crippen LogP contribution is 2.20. The molecule has 1 atom stereocenters. The average Bonchev–Trinajstić information content (AvgIpc) is 2.31. The number of carbonyl (C=O) groups is 1. The maximum Gasteiger partial charge on any atom is 0.221 e. The summed E-state index contributed by atoms with van der Waals surface area (Å²) in [4.78, 5) is 11.0. The highest BCUT2D eigenvalue weighted by atomic mass is 16.5. The summed E-state index contributed by atoms with van der Waals surface area (Å²) in [7, 11) is 1.70. The highest BCUT2D eigenvalue weighted by molar-refractivity contribution is 5.89. The zero-order valence-corrected chi connectivity index (χ0v) is 11.5. The van der Waals surface area contributed by atoms with Crippen molar-refractivity contribution in [2.45, 2.75) is 33.2 Å². The Morgan fingerprint density at radius 1 is 1.44 bits per heavy atom. The fraction of sp³-hybridized carbons (Fsp3) is 0.500. The first-order chi connectivity index (χ1) is 8.56. The Balaban J connectivity index is 2.74. The van der Waals surface area contributed by atoms with E-state index in [2.05, 4.69) is 17.6 Å². The van der Waals surface area contributed by atoms with Crippen molar-refractivity contribution in [3.05, 3.63) is 23.8 Å². The van der Waals surface area contributed by atoms with E-state index in [1.54, 1.807) is 7.11 Å². The van der Waals surface area contributed by atoms with E-state index in [1.165, 1.54) is 6.92 Å². The van der Waals surface area contributed by atoms with Crippen molar-refractivity contribution in [1.29, 1.82) is 0 Å². The molecule has 1 rings (SSSR count). The van der Waals surface area contributed by atoms with E-state index in [9.17, 15) is 4.79 Å². The summed E-state index contributed by atoms with van der Waals surface area (Å²) < 4.78 is 5.15. The fourth-order valence-corrected chi connectivity index (χ4v) is 1.78. The number of anilines is 2. The average molecular weight is 250 g/mol. The van der Waals surface area contributed by atoms with Crippen LogP contribution in [0.2, 0.25) is 0 Å². The second kappa shape index (κ2) is 7.01. The second-order valence-electron chi connectivity index (χ2n) is 4.42. The number of hydrogen-bond donors (Lipinski definition) is 2. The van der Waals surface area contributed by atoms with Gasteiger partial charge in [-0.1, -0.05) is 6.92 Å². The van der Waals surface area contributed by atoms with Crippen molar-refractivity contribution in [1.82, 2.24) is 0 Å². The largest absolute Gasteiger partial charge is 0.383 e. The van der Waals surface area contributed by atoms with Crippen LogP contribution in [0.1, 0.15) is 25.8 Å². The summed E-state index contributed by atoms with van der Waals surface area (Å²) in [6, 6.07) is 6.22. The summed E-state index contributed by atoms with van der Waals surface area (Å²) in [5.41, 5.74) is 2.95. The van der Waals surface area contributed by atoms with Crippen molar-refractivity contribution < 1.29 is 9.53 Å². The van der Waals surface area contributed by atoms with Gasteiger partial charge in [0.05, 0.1) is 6.61 Å². The zero-order chi connectivity index (χ0) is 13.5. The minimum Gasteiger partial charge on any atom is -0.383 e. The van der Waals surface area contributed by atoms with E-state index < -0.39 is 0 Å². The van der Waals surface area contributed by atoms with Crippen molar-refractivity contribution >= 4 is 17.3 Å². The van der Waals surface area contributed by atoms with Gasteiger partial charge in [-0.05, 0) is 37.1 Å². The summed E-state index contributed by atoms with van der Waals surface area (Å²) in [5, 5.41) is 6.21. The first kappa shape index (κ1) is 14.5. The Kier molecular flexibility index (Phi) is 5.65. The monoisotopic (exact) mass is 250 g/mol. The molecule has 0 spiro atoms. The number of hydrogen-bond acceptors (Lipinski definition) is 3. The van der Waals surface area contributed by atoms with Crippen LogP contribution in [-0.4, -0.2) is 25.7 Å². The van der Waals surface area contributed by atoms with Crippen LogP contribution < -0.4 is 10.6 Å². The Labute approximate surface area is 109 Å². The third-order valence-electron chi connectivity index (χ3n) is 2.77. The molecule has 4 nitrogen and oxygen atoms in total. The topological polar surface area (TPSA) is 50.4 Å². The normalized spacial score (nSPS) is 12.0. The molecule has 4 heteroatoms. The molecule has 100 valence electrons. The number of rotatable bonds is 6. The van der Waals surface area contributed by atoms with Crippen molar-refractivity contribution in [2.24, 2.45) is 0 Å². The van der Waals surface area contributed by atoms with Gasteiger partial charge in [0.25, 0.3) is 0 Å². The molecule has 1 aromatic rings. The van der Waals surface area contributed by atoms with Gasteiger partial charge in [0.1, 0.15) is 0 Å². The van der Waals surface area contributed by atoms with Crippen LogP contribution in [-0.2, 0) is 9.53 Å². The number of methoxy groups -OCH3 is 1. The van der Waals surface area contributed by atoms with Gasteiger partial charge in [0.2, 0.25) is 5.91 Å². The van der Waals surface area contributed by atoms with Crippen molar-refractivity contribution in [3.8, 4) is 0 Å². The smallest absolute Gasteiger partial charge is 0.221 e. The van der Waals surface area contributed by atoms with Gasteiger partial charge in [-0.25, -0.2) is 0 Å². The molecule has 0 saturated heterocycles. The van der Waals surface area contributed by atoms with E-state index in [-0.39, 0.29) is 5.91 Å². The maximum absolute atomic E-state index is 11.0. The third kappa shape index (κ3) is 4.37. The summed E-state index contributed by atoms with van der Waals surface area (Å²) >= 11 is 0. The molecule has 1 unspecified atom stereocenters. The van der Waals surface area contributed by atoms with Gasteiger partial charge >= 0.3 is 0 Å². The first-order valence-corrected chi connectivity index (χ1v) is 6.20. The van der Waals surface area contributed by atoms with Gasteiger partial charge in [-0.3, -0.25) is 4.79 Å². The van der Waals surface area contributed by atoms with Gasteiger partial charge in [-0.15, -0.1) is 0 Å². The molecular formula is C14H22N2O2. The van der Waals surface area contributed by atoms with Gasteiger partial charge in [0.15, 0.2) is 0 Å². The van der Waals surface area contributed by atoms with Crippen LogP contribution >= 0.6 is 0 Å². The quantitative estimate of drug-likeness (QED) is 0.816. The van der Waals surface area contributed by atoms with Crippen molar-refractivity contribution in [3.63, 3.8) is 0 Å². The van der Waals surface area contributed by atoms with Gasteiger partial charge in [0, 0.05) is 31.5 Å². The molecule has 0 aliphatic rings. The van der Waals surface area contributed by atoms with E-state index in [1.807, 2.05) is 25.1 Å². The molecular weight excluding hydrogens is 228 g/mol. The van der Waals surface area contributed by atoms with Crippen LogP contribution in [0.15, 0.2) is 18.2 Å². The number of nitrogens with one attached hydrogen (secondary N) is 2. The van der Waals surface area contributed by atoms with Gasteiger partial charge in [-0.2, -0.15) is 0 Å². The molecule has 0 radical (unpaired) electrons. The van der Waals surface area contributed by atoms with Crippen LogP contribution in [0.4, 0.5) is 11.4 Å². The van der Waals surface area contributed by atoms with E-state index in [0.717, 1.165) is 23.4 Å². The lowest BCUT2D eigenvalue weighted by atomic mass is 10.1. The zero-order valence-electron chi connectivity index (χ0n) is 11.5. The van der Waals surface area contributed by atoms with Crippen molar-refractivity contribution in [2.75, 3.05) is 24.4 Å². The van der Waals surface area contributed by atoms with Crippen LogP contribution in [0.25, 0.3) is 0 Å². The number of aryl methyl sites for hydroxylation is 1. The Bertz CT molecular complexity index is 405. The molecule has 0 aliphatic carbocycles. The van der Waals surface area contributed by atoms with E-state index in [4.69, 9.17) is 4.74 Å². The van der Waals surface area contributed by atoms with Gasteiger partial charge < -0.3 is 15.4 Å². The molecule has 2 N–H and O–H groups in total. The van der Waals surface area contributed by atoms with E-state index >= 15 is 0 Å². The minimum absolute atomic E-state index is 0.0513. The molecule has 0 aliphatic heterocycles. The lowest BCUT2D eigenvalue weighted by molar-refractivity contribution is -0.114. The Morgan fingerprint density at radius 3 is 2.67 bits per heavy atom. The summed E-state index contributed by atoms with van der Waals surface area (Å²) in [5.74, 6) is -0.0513. The number of carbonyl (C=O) groups excluding carboxylic acids is 1. The molecule has 0 saturated carbocycles. The lowest BCUT2D eigenvalue weighted by Gasteiger charge is -2.18.